The lowest BCUT2D eigenvalue weighted by molar-refractivity contribution is 0.174. The number of hydrogen-bond donors (Lipinski definition) is 1. The van der Waals surface area contributed by atoms with Crippen molar-refractivity contribution in [3.8, 4) is 22.8 Å². The summed E-state index contributed by atoms with van der Waals surface area (Å²) >= 11 is 6.18. The highest BCUT2D eigenvalue weighted by atomic mass is 35.5. The lowest BCUT2D eigenvalue weighted by atomic mass is 10.1. The summed E-state index contributed by atoms with van der Waals surface area (Å²) in [4.78, 5) is 4.50. The third kappa shape index (κ3) is 1.81. The first-order valence-corrected chi connectivity index (χ1v) is 6.41. The predicted octanol–water partition coefficient (Wildman–Crippen LogP) is 2.84. The van der Waals surface area contributed by atoms with Crippen molar-refractivity contribution in [2.45, 2.75) is 20.4 Å². The number of anilines is 1. The van der Waals surface area contributed by atoms with Crippen LogP contribution >= 0.6 is 11.6 Å². The van der Waals surface area contributed by atoms with Gasteiger partial charge in [0.2, 0.25) is 6.79 Å². The van der Waals surface area contributed by atoms with E-state index in [1.165, 1.54) is 0 Å². The molecule has 0 aliphatic carbocycles. The Bertz CT molecular complexity index is 652. The van der Waals surface area contributed by atoms with E-state index in [-0.39, 0.29) is 6.79 Å². The zero-order chi connectivity index (χ0) is 13.6. The standard InChI is InChI=1S/C13H14ClN3O2/c1-3-17-7(2)16-11(13(17)15)8-4-9(14)12-10(5-8)18-6-19-12/h4-5H,3,6,15H2,1-2H3. The van der Waals surface area contributed by atoms with Crippen LogP contribution in [-0.2, 0) is 6.54 Å². The third-order valence-electron chi connectivity index (χ3n) is 3.21. The first-order valence-electron chi connectivity index (χ1n) is 6.04. The Morgan fingerprint density at radius 3 is 2.89 bits per heavy atom. The second-order valence-electron chi connectivity index (χ2n) is 4.33. The van der Waals surface area contributed by atoms with Crippen LogP contribution in [0.25, 0.3) is 11.3 Å². The molecular formula is C13H14ClN3O2. The van der Waals surface area contributed by atoms with Crippen LogP contribution in [0, 0.1) is 6.92 Å². The molecule has 0 spiro atoms. The van der Waals surface area contributed by atoms with Gasteiger partial charge < -0.3 is 19.8 Å². The molecule has 0 fully saturated rings. The number of benzene rings is 1. The molecule has 2 heterocycles. The van der Waals surface area contributed by atoms with Gasteiger partial charge in [-0.25, -0.2) is 4.98 Å². The number of nitrogens with two attached hydrogens (primary N) is 1. The molecule has 1 aliphatic rings. The van der Waals surface area contributed by atoms with Crippen LogP contribution in [0.1, 0.15) is 12.7 Å². The van der Waals surface area contributed by atoms with Crippen LogP contribution in [-0.4, -0.2) is 16.3 Å². The summed E-state index contributed by atoms with van der Waals surface area (Å²) < 4.78 is 12.6. The predicted molar refractivity (Wildman–Crippen MR) is 73.6 cm³/mol. The van der Waals surface area contributed by atoms with Crippen molar-refractivity contribution in [1.82, 2.24) is 9.55 Å². The van der Waals surface area contributed by atoms with Gasteiger partial charge in [0.15, 0.2) is 11.5 Å². The SMILES string of the molecule is CCn1c(C)nc(-c2cc(Cl)c3c(c2)OCO3)c1N. The molecule has 1 aromatic heterocycles. The molecule has 0 radical (unpaired) electrons. The maximum Gasteiger partial charge on any atom is 0.231 e. The number of imidazole rings is 1. The van der Waals surface area contributed by atoms with Crippen molar-refractivity contribution in [2.24, 2.45) is 0 Å². The van der Waals surface area contributed by atoms with Crippen LogP contribution in [0.5, 0.6) is 11.5 Å². The van der Waals surface area contributed by atoms with Gasteiger partial charge >= 0.3 is 0 Å². The quantitative estimate of drug-likeness (QED) is 0.918. The van der Waals surface area contributed by atoms with E-state index in [9.17, 15) is 0 Å². The average molecular weight is 280 g/mol. The van der Waals surface area contributed by atoms with E-state index < -0.39 is 0 Å². The Labute approximate surface area is 115 Å². The maximum atomic E-state index is 6.18. The average Bonchev–Trinajstić information content (AvgIpc) is 2.94. The van der Waals surface area contributed by atoms with Gasteiger partial charge in [-0.1, -0.05) is 11.6 Å². The molecule has 19 heavy (non-hydrogen) atoms. The molecule has 2 N–H and O–H groups in total. The van der Waals surface area contributed by atoms with Gasteiger partial charge in [-0.3, -0.25) is 0 Å². The number of fused-ring (bicyclic) bond motifs is 1. The zero-order valence-corrected chi connectivity index (χ0v) is 11.5. The number of rotatable bonds is 2. The fourth-order valence-electron chi connectivity index (χ4n) is 2.30. The third-order valence-corrected chi connectivity index (χ3v) is 3.50. The summed E-state index contributed by atoms with van der Waals surface area (Å²) in [5.41, 5.74) is 7.68. The second-order valence-corrected chi connectivity index (χ2v) is 4.74. The van der Waals surface area contributed by atoms with Crippen molar-refractivity contribution < 1.29 is 9.47 Å². The number of ether oxygens (including phenoxy) is 2. The van der Waals surface area contributed by atoms with E-state index in [4.69, 9.17) is 26.8 Å². The molecule has 1 aliphatic heterocycles. The highest BCUT2D eigenvalue weighted by Gasteiger charge is 2.21. The summed E-state index contributed by atoms with van der Waals surface area (Å²) in [5.74, 6) is 2.72. The molecule has 1 aromatic carbocycles. The Morgan fingerprint density at radius 1 is 1.42 bits per heavy atom. The van der Waals surface area contributed by atoms with Crippen LogP contribution in [0.15, 0.2) is 12.1 Å². The number of nitrogens with zero attached hydrogens (tertiary/aromatic N) is 2. The minimum absolute atomic E-state index is 0.191. The molecule has 3 rings (SSSR count). The number of hydrogen-bond acceptors (Lipinski definition) is 4. The van der Waals surface area contributed by atoms with Crippen molar-refractivity contribution in [3.05, 3.63) is 23.0 Å². The summed E-state index contributed by atoms with van der Waals surface area (Å²) in [6, 6.07) is 3.65. The Kier molecular flexibility index (Phi) is 2.78. The minimum Gasteiger partial charge on any atom is -0.454 e. The van der Waals surface area contributed by atoms with Gasteiger partial charge in [-0.2, -0.15) is 0 Å². The lowest BCUT2D eigenvalue weighted by Crippen LogP contribution is -2.02. The van der Waals surface area contributed by atoms with Crippen LogP contribution in [0.4, 0.5) is 5.82 Å². The smallest absolute Gasteiger partial charge is 0.231 e. The molecule has 100 valence electrons. The van der Waals surface area contributed by atoms with Gasteiger partial charge in [0.25, 0.3) is 0 Å². The van der Waals surface area contributed by atoms with Crippen LogP contribution in [0.3, 0.4) is 0 Å². The fraction of sp³-hybridized carbons (Fsp3) is 0.308. The molecular weight excluding hydrogens is 266 g/mol. The first-order chi connectivity index (χ1) is 9.11. The molecule has 0 saturated carbocycles. The van der Waals surface area contributed by atoms with E-state index >= 15 is 0 Å². The van der Waals surface area contributed by atoms with Crippen molar-refractivity contribution in [1.29, 1.82) is 0 Å². The maximum absolute atomic E-state index is 6.18. The zero-order valence-electron chi connectivity index (χ0n) is 10.7. The Morgan fingerprint density at radius 2 is 2.21 bits per heavy atom. The van der Waals surface area contributed by atoms with Gasteiger partial charge in [0, 0.05) is 12.1 Å². The summed E-state index contributed by atoms with van der Waals surface area (Å²) in [6.45, 7) is 4.93. The van der Waals surface area contributed by atoms with E-state index in [1.807, 2.05) is 24.5 Å². The monoisotopic (exact) mass is 279 g/mol. The topological polar surface area (TPSA) is 62.3 Å². The number of aryl methyl sites for hydroxylation is 1. The van der Waals surface area contributed by atoms with Crippen molar-refractivity contribution in [2.75, 3.05) is 12.5 Å². The largest absolute Gasteiger partial charge is 0.454 e. The van der Waals surface area contributed by atoms with E-state index in [1.54, 1.807) is 6.07 Å². The molecule has 0 unspecified atom stereocenters. The van der Waals surface area contributed by atoms with Crippen LogP contribution in [0.2, 0.25) is 5.02 Å². The van der Waals surface area contributed by atoms with Gasteiger partial charge in [-0.15, -0.1) is 0 Å². The van der Waals surface area contributed by atoms with E-state index in [0.717, 1.165) is 23.6 Å². The van der Waals surface area contributed by atoms with Gasteiger partial charge in [-0.05, 0) is 26.0 Å². The van der Waals surface area contributed by atoms with Gasteiger partial charge in [0.05, 0.1) is 5.02 Å². The highest BCUT2D eigenvalue weighted by Crippen LogP contribution is 2.43. The molecule has 0 bridgehead atoms. The summed E-state index contributed by atoms with van der Waals surface area (Å²) in [5, 5.41) is 0.508. The van der Waals surface area contributed by atoms with Crippen molar-refractivity contribution >= 4 is 17.4 Å². The van der Waals surface area contributed by atoms with Gasteiger partial charge in [0.1, 0.15) is 17.3 Å². The van der Waals surface area contributed by atoms with E-state index in [0.29, 0.717) is 22.3 Å². The second kappa shape index (κ2) is 4.35. The highest BCUT2D eigenvalue weighted by molar-refractivity contribution is 6.32. The number of halogens is 1. The Hall–Kier alpha value is -1.88. The molecule has 0 amide bonds. The number of aromatic nitrogens is 2. The minimum atomic E-state index is 0.191. The molecule has 6 heteroatoms. The summed E-state index contributed by atoms with van der Waals surface area (Å²) in [7, 11) is 0. The molecule has 0 atom stereocenters. The Balaban J connectivity index is 2.15. The fourth-order valence-corrected chi connectivity index (χ4v) is 2.56. The van der Waals surface area contributed by atoms with Crippen molar-refractivity contribution in [3.63, 3.8) is 0 Å². The molecule has 0 saturated heterocycles. The lowest BCUT2D eigenvalue weighted by Gasteiger charge is -2.05. The normalized spacial score (nSPS) is 13.0. The molecule has 2 aromatic rings. The molecule has 5 nitrogen and oxygen atoms in total. The summed E-state index contributed by atoms with van der Waals surface area (Å²) in [6.07, 6.45) is 0. The van der Waals surface area contributed by atoms with Crippen LogP contribution < -0.4 is 15.2 Å². The van der Waals surface area contributed by atoms with E-state index in [2.05, 4.69) is 4.98 Å². The first kappa shape index (κ1) is 12.2. The number of nitrogen functional groups attached to an aromatic ring is 1.